The molecule has 1 unspecified atom stereocenters. The van der Waals surface area contributed by atoms with Crippen molar-refractivity contribution >= 4 is 29.4 Å². The lowest BCUT2D eigenvalue weighted by atomic mass is 10.0. The third kappa shape index (κ3) is 5.71. The summed E-state index contributed by atoms with van der Waals surface area (Å²) in [6, 6.07) is 8.62. The van der Waals surface area contributed by atoms with Crippen LogP contribution in [0.5, 0.6) is 0 Å². The first-order chi connectivity index (χ1) is 18.0. The zero-order valence-electron chi connectivity index (χ0n) is 20.1. The molecule has 4 heterocycles. The maximum absolute atomic E-state index is 13.2. The summed E-state index contributed by atoms with van der Waals surface area (Å²) in [6.45, 7) is 1.30. The van der Waals surface area contributed by atoms with Gasteiger partial charge in [0.05, 0.1) is 29.6 Å². The van der Waals surface area contributed by atoms with Crippen LogP contribution >= 0.6 is 11.6 Å². The molecule has 192 valence electrons. The van der Waals surface area contributed by atoms with Crippen LogP contribution in [0, 0.1) is 0 Å². The third-order valence-electron chi connectivity index (χ3n) is 6.50. The van der Waals surface area contributed by atoms with E-state index in [2.05, 4.69) is 25.6 Å². The highest BCUT2D eigenvalue weighted by Gasteiger charge is 2.30. The minimum Gasteiger partial charge on any atom is -0.394 e. The zero-order valence-corrected chi connectivity index (χ0v) is 20.8. The average Bonchev–Trinajstić information content (AvgIpc) is 3.23. The number of aliphatic hydroxyl groups excluding tert-OH is 1. The highest BCUT2D eigenvalue weighted by molar-refractivity contribution is 6.33. The van der Waals surface area contributed by atoms with E-state index < -0.39 is 6.04 Å². The van der Waals surface area contributed by atoms with Gasteiger partial charge in [-0.3, -0.25) is 14.6 Å². The predicted molar refractivity (Wildman–Crippen MR) is 137 cm³/mol. The van der Waals surface area contributed by atoms with E-state index in [9.17, 15) is 14.7 Å². The number of pyridine rings is 1. The summed E-state index contributed by atoms with van der Waals surface area (Å²) in [5, 5.41) is 16.2. The molecule has 0 spiro atoms. The lowest BCUT2D eigenvalue weighted by Crippen LogP contribution is -2.40. The number of rotatable bonds is 8. The van der Waals surface area contributed by atoms with Crippen molar-refractivity contribution < 1.29 is 19.4 Å². The molecule has 0 saturated carbocycles. The van der Waals surface area contributed by atoms with Crippen molar-refractivity contribution in [1.29, 1.82) is 0 Å². The van der Waals surface area contributed by atoms with Gasteiger partial charge in [0.1, 0.15) is 6.54 Å². The number of halogens is 1. The molecule has 1 aromatic carbocycles. The second-order valence-electron chi connectivity index (χ2n) is 9.04. The number of benzene rings is 1. The number of hydrogen-bond donors (Lipinski definition) is 3. The molecule has 2 aliphatic rings. The Morgan fingerprint density at radius 3 is 2.84 bits per heavy atom. The molecule has 37 heavy (non-hydrogen) atoms. The molecule has 10 nitrogen and oxygen atoms in total. The SMILES string of the molecule is O=C(CN1Cc2ccc(-c3nc(NC4CCOCC4)ncc3Cl)cc2C1=O)NC(CO)c1cccnc1. The van der Waals surface area contributed by atoms with Gasteiger partial charge in [0.25, 0.3) is 5.91 Å². The fourth-order valence-corrected chi connectivity index (χ4v) is 4.73. The maximum atomic E-state index is 13.2. The van der Waals surface area contributed by atoms with Crippen molar-refractivity contribution in [2.75, 3.05) is 31.7 Å². The van der Waals surface area contributed by atoms with E-state index in [1.807, 2.05) is 12.1 Å². The summed E-state index contributed by atoms with van der Waals surface area (Å²) in [4.78, 5) is 40.3. The lowest BCUT2D eigenvalue weighted by Gasteiger charge is -2.23. The Kier molecular flexibility index (Phi) is 7.59. The van der Waals surface area contributed by atoms with Gasteiger partial charge >= 0.3 is 0 Å². The van der Waals surface area contributed by atoms with Crippen LogP contribution in [0.3, 0.4) is 0 Å². The van der Waals surface area contributed by atoms with E-state index in [4.69, 9.17) is 16.3 Å². The van der Waals surface area contributed by atoms with Gasteiger partial charge in [-0.15, -0.1) is 0 Å². The molecular weight excluding hydrogens is 496 g/mol. The summed E-state index contributed by atoms with van der Waals surface area (Å²) in [6.07, 6.45) is 6.50. The normalized spacial score (nSPS) is 16.4. The van der Waals surface area contributed by atoms with Crippen molar-refractivity contribution in [1.82, 2.24) is 25.2 Å². The molecule has 3 N–H and O–H groups in total. The van der Waals surface area contributed by atoms with Crippen LogP contribution in [0.25, 0.3) is 11.3 Å². The van der Waals surface area contributed by atoms with E-state index in [-0.39, 0.29) is 31.0 Å². The van der Waals surface area contributed by atoms with Crippen LogP contribution in [0.15, 0.2) is 48.9 Å². The number of fused-ring (bicyclic) bond motifs is 1. The van der Waals surface area contributed by atoms with Crippen molar-refractivity contribution in [3.63, 3.8) is 0 Å². The second-order valence-corrected chi connectivity index (χ2v) is 9.45. The molecule has 0 aliphatic carbocycles. The molecule has 2 amide bonds. The van der Waals surface area contributed by atoms with Gasteiger partial charge in [0.2, 0.25) is 11.9 Å². The Bertz CT molecular complexity index is 1290. The summed E-state index contributed by atoms with van der Waals surface area (Å²) in [5.74, 6) is -0.143. The third-order valence-corrected chi connectivity index (χ3v) is 6.78. The standard InChI is InChI=1S/C26H27ClN6O4/c27-21-12-29-26(30-19-5-8-37-9-6-19)32-24(21)16-3-4-18-13-33(25(36)20(18)10-16)14-23(35)31-22(15-34)17-2-1-7-28-11-17/h1-4,7,10-12,19,22,34H,5-6,8-9,13-15H2,(H,31,35)(H,29,30,32). The highest BCUT2D eigenvalue weighted by atomic mass is 35.5. The van der Waals surface area contributed by atoms with Crippen molar-refractivity contribution in [2.24, 2.45) is 0 Å². The fraction of sp³-hybridized carbons (Fsp3) is 0.346. The first kappa shape index (κ1) is 25.1. The number of nitrogens with zero attached hydrogens (tertiary/aromatic N) is 4. The summed E-state index contributed by atoms with van der Waals surface area (Å²) in [7, 11) is 0. The van der Waals surface area contributed by atoms with E-state index in [0.717, 1.165) is 18.4 Å². The van der Waals surface area contributed by atoms with Crippen LogP contribution in [0.2, 0.25) is 5.02 Å². The van der Waals surface area contributed by atoms with Crippen LogP contribution < -0.4 is 10.6 Å². The van der Waals surface area contributed by atoms with Crippen LogP contribution in [0.4, 0.5) is 5.95 Å². The molecule has 2 aliphatic heterocycles. The fourth-order valence-electron chi connectivity index (χ4n) is 4.53. The number of anilines is 1. The van der Waals surface area contributed by atoms with E-state index in [1.165, 1.54) is 4.90 Å². The van der Waals surface area contributed by atoms with Crippen LogP contribution in [-0.4, -0.2) is 69.2 Å². The molecule has 1 fully saturated rings. The molecule has 2 aromatic heterocycles. The van der Waals surface area contributed by atoms with Gasteiger partial charge in [0.15, 0.2) is 0 Å². The molecule has 0 bridgehead atoms. The summed E-state index contributed by atoms with van der Waals surface area (Å²) >= 11 is 6.43. The van der Waals surface area contributed by atoms with Gasteiger partial charge in [-0.25, -0.2) is 9.97 Å². The number of carbonyl (C=O) groups is 2. The number of amides is 2. The van der Waals surface area contributed by atoms with Crippen molar-refractivity contribution in [3.8, 4) is 11.3 Å². The number of aromatic nitrogens is 3. The molecule has 1 atom stereocenters. The maximum Gasteiger partial charge on any atom is 0.254 e. The quantitative estimate of drug-likeness (QED) is 0.411. The van der Waals surface area contributed by atoms with Crippen molar-refractivity contribution in [3.05, 3.63) is 70.6 Å². The number of carbonyl (C=O) groups excluding carboxylic acids is 2. The number of nitrogens with one attached hydrogen (secondary N) is 2. The molecule has 5 rings (SSSR count). The monoisotopic (exact) mass is 522 g/mol. The lowest BCUT2D eigenvalue weighted by molar-refractivity contribution is -0.122. The molecule has 3 aromatic rings. The first-order valence-corrected chi connectivity index (χ1v) is 12.5. The Labute approximate surface area is 219 Å². The van der Waals surface area contributed by atoms with Crippen LogP contribution in [-0.2, 0) is 16.1 Å². The van der Waals surface area contributed by atoms with E-state index in [1.54, 1.807) is 36.8 Å². The number of ether oxygens (including phenoxy) is 1. The van der Waals surface area contributed by atoms with Gasteiger partial charge in [0, 0.05) is 49.3 Å². The molecule has 1 saturated heterocycles. The van der Waals surface area contributed by atoms with Gasteiger partial charge in [-0.1, -0.05) is 29.8 Å². The summed E-state index contributed by atoms with van der Waals surface area (Å²) in [5.41, 5.74) is 3.23. The molecule has 11 heteroatoms. The predicted octanol–water partition coefficient (Wildman–Crippen LogP) is 2.59. The highest BCUT2D eigenvalue weighted by Crippen LogP contribution is 2.31. The Morgan fingerprint density at radius 2 is 2.08 bits per heavy atom. The minimum atomic E-state index is -0.600. The second kappa shape index (κ2) is 11.2. The largest absolute Gasteiger partial charge is 0.394 e. The molecule has 0 radical (unpaired) electrons. The van der Waals surface area contributed by atoms with E-state index >= 15 is 0 Å². The zero-order chi connectivity index (χ0) is 25.8. The van der Waals surface area contributed by atoms with E-state index in [0.29, 0.717) is 53.1 Å². The van der Waals surface area contributed by atoms with Gasteiger partial charge in [-0.05, 0) is 36.1 Å². The molecular formula is C26H27ClN6O4. The van der Waals surface area contributed by atoms with Gasteiger partial charge < -0.3 is 25.4 Å². The Balaban J connectivity index is 1.28. The summed E-state index contributed by atoms with van der Waals surface area (Å²) < 4.78 is 5.40. The van der Waals surface area contributed by atoms with Crippen molar-refractivity contribution in [2.45, 2.75) is 31.5 Å². The first-order valence-electron chi connectivity index (χ1n) is 12.1. The minimum absolute atomic E-state index is 0.132. The van der Waals surface area contributed by atoms with Gasteiger partial charge in [-0.2, -0.15) is 0 Å². The topological polar surface area (TPSA) is 130 Å². The smallest absolute Gasteiger partial charge is 0.254 e. The average molecular weight is 523 g/mol. The number of aliphatic hydroxyl groups is 1. The Hall–Kier alpha value is -3.60. The Morgan fingerprint density at radius 1 is 1.24 bits per heavy atom. The van der Waals surface area contributed by atoms with Crippen LogP contribution in [0.1, 0.15) is 40.4 Å². The number of hydrogen-bond acceptors (Lipinski definition) is 8.